The second-order valence-corrected chi connectivity index (χ2v) is 3.29. The molecular formula is C10H11N3O2. The largest absolute Gasteiger partial charge is 0.344 e. The lowest BCUT2D eigenvalue weighted by atomic mass is 10.3. The summed E-state index contributed by atoms with van der Waals surface area (Å²) in [7, 11) is 0. The Morgan fingerprint density at radius 2 is 2.13 bits per heavy atom. The molecule has 0 bridgehead atoms. The van der Waals surface area contributed by atoms with Crippen molar-refractivity contribution in [3.63, 3.8) is 0 Å². The number of H-pyrrole nitrogens is 1. The maximum absolute atomic E-state index is 11.6. The number of aromatic amines is 1. The molecule has 2 heterocycles. The maximum Gasteiger partial charge on any atom is 0.257 e. The molecule has 0 unspecified atom stereocenters. The lowest BCUT2D eigenvalue weighted by molar-refractivity contribution is 0.900. The smallest absolute Gasteiger partial charge is 0.257 e. The van der Waals surface area contributed by atoms with Crippen molar-refractivity contribution in [3.8, 4) is 0 Å². The molecule has 0 amide bonds. The van der Waals surface area contributed by atoms with Crippen molar-refractivity contribution in [2.24, 2.45) is 5.73 Å². The minimum Gasteiger partial charge on any atom is -0.344 e. The van der Waals surface area contributed by atoms with E-state index in [1.54, 1.807) is 0 Å². The van der Waals surface area contributed by atoms with Gasteiger partial charge in [-0.25, -0.2) is 0 Å². The van der Waals surface area contributed by atoms with Crippen LogP contribution in [0.25, 0.3) is 5.65 Å². The lowest BCUT2D eigenvalue weighted by Crippen LogP contribution is -2.18. The first-order valence-corrected chi connectivity index (χ1v) is 4.65. The number of nitrogens with one attached hydrogen (secondary N) is 1. The van der Waals surface area contributed by atoms with E-state index >= 15 is 0 Å². The normalized spacial score (nSPS) is 10.7. The Morgan fingerprint density at radius 3 is 2.87 bits per heavy atom. The van der Waals surface area contributed by atoms with E-state index in [9.17, 15) is 9.59 Å². The van der Waals surface area contributed by atoms with Gasteiger partial charge in [0.1, 0.15) is 5.65 Å². The number of fused-ring (bicyclic) bond motifs is 1. The minimum atomic E-state index is -0.160. The first kappa shape index (κ1) is 9.67. The molecule has 5 nitrogen and oxygen atoms in total. The summed E-state index contributed by atoms with van der Waals surface area (Å²) >= 11 is 0. The van der Waals surface area contributed by atoms with Crippen LogP contribution in [0.15, 0.2) is 34.0 Å². The predicted octanol–water partition coefficient (Wildman–Crippen LogP) is -0.511. The molecule has 0 aromatic carbocycles. The van der Waals surface area contributed by atoms with Crippen molar-refractivity contribution in [2.75, 3.05) is 6.54 Å². The highest BCUT2D eigenvalue weighted by molar-refractivity contribution is 5.38. The topological polar surface area (TPSA) is 80.4 Å². The molecule has 0 spiro atoms. The molecular weight excluding hydrogens is 194 g/mol. The zero-order chi connectivity index (χ0) is 10.8. The molecule has 0 radical (unpaired) electrons. The zero-order valence-electron chi connectivity index (χ0n) is 8.06. The van der Waals surface area contributed by atoms with Crippen LogP contribution in [-0.2, 0) is 6.42 Å². The van der Waals surface area contributed by atoms with Gasteiger partial charge in [-0.3, -0.25) is 14.0 Å². The van der Waals surface area contributed by atoms with Gasteiger partial charge in [-0.05, 0) is 13.0 Å². The maximum atomic E-state index is 11.6. The van der Waals surface area contributed by atoms with E-state index < -0.39 is 0 Å². The second kappa shape index (κ2) is 3.70. The van der Waals surface area contributed by atoms with Crippen molar-refractivity contribution in [2.45, 2.75) is 6.42 Å². The zero-order valence-corrected chi connectivity index (χ0v) is 8.06. The summed E-state index contributed by atoms with van der Waals surface area (Å²) < 4.78 is 1.39. The summed E-state index contributed by atoms with van der Waals surface area (Å²) in [5.41, 5.74) is 6.35. The number of rotatable bonds is 2. The summed E-state index contributed by atoms with van der Waals surface area (Å²) in [6.45, 7) is 0.461. The molecule has 78 valence electrons. The van der Waals surface area contributed by atoms with Crippen molar-refractivity contribution in [1.29, 1.82) is 0 Å². The quantitative estimate of drug-likeness (QED) is 0.692. The van der Waals surface area contributed by atoms with E-state index in [1.807, 2.05) is 0 Å². The van der Waals surface area contributed by atoms with Gasteiger partial charge < -0.3 is 10.7 Å². The van der Waals surface area contributed by atoms with Gasteiger partial charge in [-0.15, -0.1) is 0 Å². The van der Waals surface area contributed by atoms with E-state index in [-0.39, 0.29) is 11.0 Å². The third kappa shape index (κ3) is 1.82. The van der Waals surface area contributed by atoms with Gasteiger partial charge in [0.2, 0.25) is 0 Å². The number of nitrogens with two attached hydrogens (primary N) is 1. The van der Waals surface area contributed by atoms with E-state index in [2.05, 4.69) is 4.98 Å². The fourth-order valence-corrected chi connectivity index (χ4v) is 1.48. The Morgan fingerprint density at radius 1 is 1.33 bits per heavy atom. The van der Waals surface area contributed by atoms with Gasteiger partial charge in [-0.1, -0.05) is 0 Å². The Bertz CT molecular complexity index is 597. The van der Waals surface area contributed by atoms with Crippen LogP contribution in [0.5, 0.6) is 0 Å². The number of hydrogen-bond donors (Lipinski definition) is 2. The van der Waals surface area contributed by atoms with Crippen molar-refractivity contribution < 1.29 is 0 Å². The van der Waals surface area contributed by atoms with E-state index in [0.717, 1.165) is 5.69 Å². The first-order chi connectivity index (χ1) is 7.20. The van der Waals surface area contributed by atoms with Crippen molar-refractivity contribution in [1.82, 2.24) is 9.38 Å². The third-order valence-electron chi connectivity index (χ3n) is 2.16. The summed E-state index contributed by atoms with van der Waals surface area (Å²) in [4.78, 5) is 25.7. The standard InChI is InChI=1S/C10H11N3O2/c11-3-1-7-5-10(15)13-4-2-8(14)6-9(13)12-7/h2,4-6,12H,1,3,11H2. The predicted molar refractivity (Wildman–Crippen MR) is 57.0 cm³/mol. The molecule has 2 aromatic rings. The van der Waals surface area contributed by atoms with Crippen molar-refractivity contribution >= 4 is 5.65 Å². The summed E-state index contributed by atoms with van der Waals surface area (Å²) in [5.74, 6) is 0. The summed E-state index contributed by atoms with van der Waals surface area (Å²) in [5, 5.41) is 0. The van der Waals surface area contributed by atoms with Crippen LogP contribution in [0, 0.1) is 0 Å². The van der Waals surface area contributed by atoms with E-state index in [1.165, 1.54) is 28.8 Å². The van der Waals surface area contributed by atoms with Crippen LogP contribution in [-0.4, -0.2) is 15.9 Å². The molecule has 15 heavy (non-hydrogen) atoms. The minimum absolute atomic E-state index is 0.129. The SMILES string of the molecule is NCCc1cc(=O)n2ccc(=O)cc2[nH]1. The fraction of sp³-hybridized carbons (Fsp3) is 0.200. The molecule has 0 saturated heterocycles. The van der Waals surface area contributed by atoms with Gasteiger partial charge in [0, 0.05) is 30.1 Å². The molecule has 0 aliphatic rings. The van der Waals surface area contributed by atoms with Crippen LogP contribution in [0.3, 0.4) is 0 Å². The number of hydrogen-bond acceptors (Lipinski definition) is 3. The van der Waals surface area contributed by atoms with Crippen LogP contribution in [0.2, 0.25) is 0 Å². The molecule has 0 atom stereocenters. The van der Waals surface area contributed by atoms with E-state index in [0.29, 0.717) is 18.6 Å². The van der Waals surface area contributed by atoms with Gasteiger partial charge in [-0.2, -0.15) is 0 Å². The molecule has 0 fully saturated rings. The van der Waals surface area contributed by atoms with Gasteiger partial charge in [0.05, 0.1) is 0 Å². The van der Waals surface area contributed by atoms with Gasteiger partial charge in [0.15, 0.2) is 5.43 Å². The van der Waals surface area contributed by atoms with Crippen LogP contribution >= 0.6 is 0 Å². The van der Waals surface area contributed by atoms with Crippen LogP contribution in [0.1, 0.15) is 5.69 Å². The van der Waals surface area contributed by atoms with Crippen molar-refractivity contribution in [3.05, 3.63) is 50.7 Å². The highest BCUT2D eigenvalue weighted by Crippen LogP contribution is 1.96. The van der Waals surface area contributed by atoms with Crippen LogP contribution in [0.4, 0.5) is 0 Å². The monoisotopic (exact) mass is 205 g/mol. The molecule has 0 aliphatic carbocycles. The summed E-state index contributed by atoms with van der Waals surface area (Å²) in [6, 6.07) is 4.23. The fourth-order valence-electron chi connectivity index (χ4n) is 1.48. The second-order valence-electron chi connectivity index (χ2n) is 3.29. The molecule has 0 aliphatic heterocycles. The summed E-state index contributed by atoms with van der Waals surface area (Å²) in [6.07, 6.45) is 2.05. The van der Waals surface area contributed by atoms with Crippen LogP contribution < -0.4 is 16.7 Å². The average Bonchev–Trinajstić information content (AvgIpc) is 2.17. The Kier molecular flexibility index (Phi) is 2.39. The number of aromatic nitrogens is 2. The van der Waals surface area contributed by atoms with E-state index in [4.69, 9.17) is 5.73 Å². The number of nitrogens with zero attached hydrogens (tertiary/aromatic N) is 1. The lowest BCUT2D eigenvalue weighted by Gasteiger charge is -2.03. The Labute approximate surface area is 85.2 Å². The third-order valence-corrected chi connectivity index (χ3v) is 2.16. The Hall–Kier alpha value is -1.88. The number of pyridine rings is 1. The molecule has 0 saturated carbocycles. The highest BCUT2D eigenvalue weighted by atomic mass is 16.1. The molecule has 2 rings (SSSR count). The highest BCUT2D eigenvalue weighted by Gasteiger charge is 1.99. The van der Waals surface area contributed by atoms with Gasteiger partial charge >= 0.3 is 0 Å². The molecule has 3 N–H and O–H groups in total. The first-order valence-electron chi connectivity index (χ1n) is 4.65. The Balaban J connectivity index is 2.74. The van der Waals surface area contributed by atoms with Gasteiger partial charge in [0.25, 0.3) is 5.56 Å². The molecule has 2 aromatic heterocycles. The molecule has 5 heteroatoms. The average molecular weight is 205 g/mol.